The molecule has 3 saturated heterocycles. The molecule has 0 aromatic heterocycles. The van der Waals surface area contributed by atoms with Crippen LogP contribution in [0.5, 0.6) is 0 Å². The standard InChI is InChI=1S/C16H17F2N3O5/c17-11-1-9(21-4-10(26-15(21)24)3-19-14(22)23)2-12(18)13(11)20-5-16(6-20)7-25-8-16/h1-2,10,19H,3-8H2,(H,22,23)/t10-/m0/s1. The highest BCUT2D eigenvalue weighted by atomic mass is 19.1. The minimum atomic E-state index is -1.25. The molecule has 1 aromatic rings. The van der Waals surface area contributed by atoms with Crippen molar-refractivity contribution in [1.29, 1.82) is 0 Å². The summed E-state index contributed by atoms with van der Waals surface area (Å²) < 4.78 is 39.2. The molecule has 3 aliphatic heterocycles. The van der Waals surface area contributed by atoms with E-state index in [1.54, 1.807) is 4.90 Å². The zero-order chi connectivity index (χ0) is 18.5. The number of nitrogens with one attached hydrogen (secondary N) is 1. The second-order valence-corrected chi connectivity index (χ2v) is 6.91. The molecule has 0 saturated carbocycles. The highest BCUT2D eigenvalue weighted by Gasteiger charge is 2.50. The molecule has 140 valence electrons. The average Bonchev–Trinajstić information content (AvgIpc) is 2.85. The van der Waals surface area contributed by atoms with Crippen molar-refractivity contribution in [2.24, 2.45) is 5.41 Å². The van der Waals surface area contributed by atoms with Crippen molar-refractivity contribution in [2.75, 3.05) is 49.2 Å². The number of anilines is 2. The Hall–Kier alpha value is -2.62. The van der Waals surface area contributed by atoms with Gasteiger partial charge in [0.25, 0.3) is 0 Å². The molecule has 3 fully saturated rings. The fourth-order valence-electron chi connectivity index (χ4n) is 3.54. The number of cyclic esters (lactones) is 1. The van der Waals surface area contributed by atoms with Crippen molar-refractivity contribution >= 4 is 23.6 Å². The summed E-state index contributed by atoms with van der Waals surface area (Å²) >= 11 is 0. The van der Waals surface area contributed by atoms with E-state index in [0.29, 0.717) is 26.3 Å². The second kappa shape index (κ2) is 5.97. The molecule has 1 atom stereocenters. The van der Waals surface area contributed by atoms with E-state index in [0.717, 1.165) is 17.0 Å². The number of carboxylic acid groups (broad SMARTS) is 1. The molecule has 0 radical (unpaired) electrons. The molecule has 1 spiro atoms. The van der Waals surface area contributed by atoms with Crippen molar-refractivity contribution in [3.8, 4) is 0 Å². The predicted molar refractivity (Wildman–Crippen MR) is 85.5 cm³/mol. The molecular weight excluding hydrogens is 352 g/mol. The van der Waals surface area contributed by atoms with Gasteiger partial charge in [0.2, 0.25) is 0 Å². The normalized spacial score (nSPS) is 23.5. The van der Waals surface area contributed by atoms with Gasteiger partial charge < -0.3 is 24.8 Å². The summed E-state index contributed by atoms with van der Waals surface area (Å²) in [4.78, 5) is 25.1. The monoisotopic (exact) mass is 369 g/mol. The number of carbonyl (C=O) groups excluding carboxylic acids is 1. The Bertz CT molecular complexity index is 739. The number of amides is 2. The first-order chi connectivity index (χ1) is 12.4. The van der Waals surface area contributed by atoms with Crippen LogP contribution in [0.25, 0.3) is 0 Å². The molecule has 0 aliphatic carbocycles. The summed E-state index contributed by atoms with van der Waals surface area (Å²) in [6.07, 6.45) is -2.74. The maximum Gasteiger partial charge on any atom is 0.414 e. The predicted octanol–water partition coefficient (Wildman–Crippen LogP) is 1.39. The van der Waals surface area contributed by atoms with Gasteiger partial charge in [-0.1, -0.05) is 0 Å². The first-order valence-corrected chi connectivity index (χ1v) is 8.14. The first-order valence-electron chi connectivity index (χ1n) is 8.14. The minimum Gasteiger partial charge on any atom is -0.465 e. The van der Waals surface area contributed by atoms with Crippen LogP contribution < -0.4 is 15.1 Å². The molecule has 10 heteroatoms. The highest BCUT2D eigenvalue weighted by molar-refractivity contribution is 5.90. The lowest BCUT2D eigenvalue weighted by molar-refractivity contribution is -0.127. The summed E-state index contributed by atoms with van der Waals surface area (Å²) in [7, 11) is 0. The van der Waals surface area contributed by atoms with Crippen LogP contribution in [0.3, 0.4) is 0 Å². The van der Waals surface area contributed by atoms with Crippen LogP contribution in [-0.4, -0.2) is 62.8 Å². The third kappa shape index (κ3) is 2.79. The van der Waals surface area contributed by atoms with Gasteiger partial charge in [0.05, 0.1) is 37.4 Å². The van der Waals surface area contributed by atoms with Crippen LogP contribution in [0.2, 0.25) is 0 Å². The fraction of sp³-hybridized carbons (Fsp3) is 0.500. The molecule has 2 N–H and O–H groups in total. The van der Waals surface area contributed by atoms with Crippen molar-refractivity contribution in [3.63, 3.8) is 0 Å². The first kappa shape index (κ1) is 16.8. The minimum absolute atomic E-state index is 0.00149. The van der Waals surface area contributed by atoms with Gasteiger partial charge in [-0.25, -0.2) is 18.4 Å². The zero-order valence-corrected chi connectivity index (χ0v) is 13.7. The molecule has 3 aliphatic rings. The van der Waals surface area contributed by atoms with E-state index >= 15 is 0 Å². The van der Waals surface area contributed by atoms with E-state index in [4.69, 9.17) is 14.6 Å². The van der Waals surface area contributed by atoms with E-state index in [-0.39, 0.29) is 29.9 Å². The largest absolute Gasteiger partial charge is 0.465 e. The molecule has 26 heavy (non-hydrogen) atoms. The van der Waals surface area contributed by atoms with Crippen LogP contribution in [0.15, 0.2) is 12.1 Å². The molecular formula is C16H17F2N3O5. The Balaban J connectivity index is 1.48. The maximum atomic E-state index is 14.5. The zero-order valence-electron chi connectivity index (χ0n) is 13.7. The van der Waals surface area contributed by atoms with Gasteiger partial charge in [0, 0.05) is 25.2 Å². The van der Waals surface area contributed by atoms with Crippen molar-refractivity contribution in [1.82, 2.24) is 5.32 Å². The summed E-state index contributed by atoms with van der Waals surface area (Å²) in [5.41, 5.74) is -0.0579. The van der Waals surface area contributed by atoms with E-state index in [9.17, 15) is 18.4 Å². The lowest BCUT2D eigenvalue weighted by atomic mass is 9.77. The second-order valence-electron chi connectivity index (χ2n) is 6.91. The summed E-state index contributed by atoms with van der Waals surface area (Å²) in [6.45, 7) is 2.19. The Morgan fingerprint density at radius 2 is 1.96 bits per heavy atom. The SMILES string of the molecule is O=C(O)NC[C@H]1CN(c2cc(F)c(N3CC4(COC4)C3)c(F)c2)C(=O)O1. The third-order valence-corrected chi connectivity index (χ3v) is 4.85. The summed E-state index contributed by atoms with van der Waals surface area (Å²) in [5.74, 6) is -1.51. The lowest BCUT2D eigenvalue weighted by Crippen LogP contribution is -2.66. The van der Waals surface area contributed by atoms with Crippen molar-refractivity contribution < 1.29 is 33.0 Å². The van der Waals surface area contributed by atoms with Crippen LogP contribution in [0.4, 0.5) is 29.7 Å². The number of benzene rings is 1. The van der Waals surface area contributed by atoms with Crippen molar-refractivity contribution in [2.45, 2.75) is 6.10 Å². The molecule has 1 aromatic carbocycles. The Labute approximate surface area is 147 Å². The Morgan fingerprint density at radius 3 is 2.50 bits per heavy atom. The topological polar surface area (TPSA) is 91.3 Å². The van der Waals surface area contributed by atoms with E-state index < -0.39 is 29.9 Å². The smallest absolute Gasteiger partial charge is 0.414 e. The van der Waals surface area contributed by atoms with E-state index in [1.165, 1.54) is 0 Å². The number of ether oxygens (including phenoxy) is 2. The fourth-order valence-corrected chi connectivity index (χ4v) is 3.54. The molecule has 0 unspecified atom stereocenters. The van der Waals surface area contributed by atoms with Gasteiger partial charge in [-0.2, -0.15) is 0 Å². The molecule has 4 rings (SSSR count). The number of rotatable bonds is 4. The van der Waals surface area contributed by atoms with Crippen LogP contribution >= 0.6 is 0 Å². The van der Waals surface area contributed by atoms with Crippen LogP contribution in [0, 0.1) is 17.0 Å². The van der Waals surface area contributed by atoms with Crippen LogP contribution in [0.1, 0.15) is 0 Å². The molecule has 3 heterocycles. The lowest BCUT2D eigenvalue weighted by Gasteiger charge is -2.56. The van der Waals surface area contributed by atoms with Crippen LogP contribution in [-0.2, 0) is 9.47 Å². The van der Waals surface area contributed by atoms with Gasteiger partial charge in [-0.3, -0.25) is 4.90 Å². The third-order valence-electron chi connectivity index (χ3n) is 4.85. The van der Waals surface area contributed by atoms with Gasteiger partial charge in [-0.15, -0.1) is 0 Å². The van der Waals surface area contributed by atoms with E-state index in [2.05, 4.69) is 5.32 Å². The highest BCUT2D eigenvalue weighted by Crippen LogP contribution is 2.42. The average molecular weight is 369 g/mol. The quantitative estimate of drug-likeness (QED) is 0.834. The summed E-state index contributed by atoms with van der Waals surface area (Å²) in [6, 6.07) is 2.18. The van der Waals surface area contributed by atoms with Gasteiger partial charge in [0.15, 0.2) is 11.6 Å². The van der Waals surface area contributed by atoms with Gasteiger partial charge >= 0.3 is 12.2 Å². The number of hydrogen-bond donors (Lipinski definition) is 2. The molecule has 0 bridgehead atoms. The Kier molecular flexibility index (Phi) is 3.87. The van der Waals surface area contributed by atoms with Crippen molar-refractivity contribution in [3.05, 3.63) is 23.8 Å². The molecule has 2 amide bonds. The summed E-state index contributed by atoms with van der Waals surface area (Å²) in [5, 5.41) is 10.7. The van der Waals surface area contributed by atoms with Gasteiger partial charge in [-0.05, 0) is 0 Å². The number of hydrogen-bond acceptors (Lipinski definition) is 5. The number of nitrogens with zero attached hydrogens (tertiary/aromatic N) is 2. The van der Waals surface area contributed by atoms with E-state index in [1.807, 2.05) is 0 Å². The maximum absolute atomic E-state index is 14.5. The number of halogens is 2. The molecule has 8 nitrogen and oxygen atoms in total. The Morgan fingerprint density at radius 1 is 1.31 bits per heavy atom. The number of carbonyl (C=O) groups is 2. The van der Waals surface area contributed by atoms with Gasteiger partial charge in [0.1, 0.15) is 11.8 Å².